The summed E-state index contributed by atoms with van der Waals surface area (Å²) in [5, 5.41) is 10.9. The van der Waals surface area contributed by atoms with Gasteiger partial charge >= 0.3 is 0 Å². The smallest absolute Gasteiger partial charge is 0.146 e. The van der Waals surface area contributed by atoms with Crippen LogP contribution in [0.15, 0.2) is 211 Å². The molecule has 0 amide bonds. The molecule has 0 saturated carbocycles. The van der Waals surface area contributed by atoms with Crippen LogP contribution in [-0.2, 0) is 0 Å². The molecule has 0 atom stereocenters. The van der Waals surface area contributed by atoms with E-state index < -0.39 is 24.2 Å². The van der Waals surface area contributed by atoms with Crippen LogP contribution < -0.4 is 20.6 Å². The molecular formula is C93H93NS3Si3. The molecule has 7 heteroatoms. The Morgan fingerprint density at radius 1 is 0.250 bits per heavy atom. The molecule has 0 saturated heterocycles. The molecule has 1 nitrogen and oxygen atoms in total. The fourth-order valence-corrected chi connectivity index (χ4v) is 38.5. The Bertz CT molecular complexity index is 4740. The largest absolute Gasteiger partial charge is 0.307 e. The maximum atomic E-state index is 4.34. The van der Waals surface area contributed by atoms with Gasteiger partial charge in [0.05, 0.1) is 17.1 Å². The van der Waals surface area contributed by atoms with Gasteiger partial charge in [0.15, 0.2) is 0 Å². The van der Waals surface area contributed by atoms with Gasteiger partial charge in [-0.2, -0.15) is 0 Å². The molecule has 100 heavy (non-hydrogen) atoms. The molecule has 0 spiro atoms. The van der Waals surface area contributed by atoms with Crippen molar-refractivity contribution in [3.8, 4) is 34.4 Å². The molecule has 0 unspecified atom stereocenters. The Morgan fingerprint density at radius 3 is 0.590 bits per heavy atom. The molecular weight excluding hydrogens is 1310 g/mol. The SMILES string of the molecule is CC(C)[Si](C#Cc1cc2c3c(c1)c(=C1c4ccccc4Sc4ccccc41)c1cc(C#C[Si](C(C)C)(C(C)C)C(C)C)cc4c1N3c1c(cc(C#C[Si](C(C)C)(C(C)C)C(C)C)cc1c4=C1c3ccccc3Sc3ccccc31)c2=C1c2ccccc2Sc2ccccc21)(C(C)C)C(C)C. The van der Waals surface area contributed by atoms with Crippen molar-refractivity contribution in [2.75, 3.05) is 4.90 Å². The molecule has 6 aliphatic heterocycles. The Kier molecular flexibility index (Phi) is 17.7. The third-order valence-corrected chi connectivity index (χ3v) is 46.2. The molecule has 500 valence electrons. The van der Waals surface area contributed by atoms with E-state index in [0.29, 0.717) is 49.9 Å². The fourth-order valence-electron chi connectivity index (χ4n) is 19.6. The first-order valence-corrected chi connectivity index (χ1v) is 46.0. The summed E-state index contributed by atoms with van der Waals surface area (Å²) in [6.07, 6.45) is 0. The highest BCUT2D eigenvalue weighted by atomic mass is 32.2. The number of rotatable bonds is 9. The van der Waals surface area contributed by atoms with Gasteiger partial charge < -0.3 is 4.90 Å². The summed E-state index contributed by atoms with van der Waals surface area (Å²) < 4.78 is 0. The Labute approximate surface area is 611 Å². The van der Waals surface area contributed by atoms with Crippen LogP contribution >= 0.6 is 35.3 Å². The normalized spacial score (nSPS) is 14.1. The Hall–Kier alpha value is -7.62. The summed E-state index contributed by atoms with van der Waals surface area (Å²) >= 11 is 5.69. The minimum atomic E-state index is -2.30. The van der Waals surface area contributed by atoms with Crippen molar-refractivity contribution in [1.29, 1.82) is 0 Å². The average Bonchev–Trinajstić information content (AvgIpc) is 0.667. The second-order valence-corrected chi connectivity index (χ2v) is 51.6. The predicted molar refractivity (Wildman–Crippen MR) is 442 cm³/mol. The molecule has 0 bridgehead atoms. The Morgan fingerprint density at radius 2 is 0.420 bits per heavy atom. The van der Waals surface area contributed by atoms with Gasteiger partial charge in [-0.3, -0.25) is 0 Å². The zero-order valence-corrected chi connectivity index (χ0v) is 67.1. The summed E-state index contributed by atoms with van der Waals surface area (Å²) in [6, 6.07) is 70.7. The molecule has 9 aromatic rings. The first-order valence-electron chi connectivity index (χ1n) is 36.8. The molecule has 0 N–H and O–H groups in total. The van der Waals surface area contributed by atoms with Crippen molar-refractivity contribution in [3.05, 3.63) is 248 Å². The van der Waals surface area contributed by atoms with Gasteiger partial charge in [-0.1, -0.05) is 287 Å². The van der Waals surface area contributed by atoms with Gasteiger partial charge in [0, 0.05) is 94.0 Å². The van der Waals surface area contributed by atoms with Crippen LogP contribution in [0.5, 0.6) is 0 Å². The predicted octanol–water partition coefficient (Wildman–Crippen LogP) is 24.9. The molecule has 0 fully saturated rings. The van der Waals surface area contributed by atoms with E-state index in [1.54, 1.807) is 0 Å². The van der Waals surface area contributed by atoms with Gasteiger partial charge in [0.2, 0.25) is 0 Å². The highest BCUT2D eigenvalue weighted by molar-refractivity contribution is 8.00. The quantitative estimate of drug-likeness (QED) is 0.105. The minimum absolute atomic E-state index is 0.451. The van der Waals surface area contributed by atoms with Gasteiger partial charge in [0.1, 0.15) is 24.2 Å². The molecule has 0 aliphatic carbocycles. The average molecular weight is 1410 g/mol. The summed E-state index contributed by atoms with van der Waals surface area (Å²) in [6.45, 7) is 44.1. The lowest BCUT2D eigenvalue weighted by atomic mass is 9.81. The number of hydrogen-bond donors (Lipinski definition) is 0. The summed E-state index contributed by atoms with van der Waals surface area (Å²) in [5.74, 6) is 12.6. The second kappa shape index (κ2) is 26.0. The molecule has 6 aliphatic rings. The number of hydrogen-bond acceptors (Lipinski definition) is 4. The van der Waals surface area contributed by atoms with Crippen molar-refractivity contribution < 1.29 is 0 Å². The summed E-state index contributed by atoms with van der Waals surface area (Å²) in [5.41, 5.74) is 35.1. The van der Waals surface area contributed by atoms with Gasteiger partial charge in [-0.05, 0) is 173 Å². The zero-order chi connectivity index (χ0) is 70.2. The third kappa shape index (κ3) is 10.5. The molecule has 15 rings (SSSR count). The highest BCUT2D eigenvalue weighted by Gasteiger charge is 2.45. The number of nitrogens with zero attached hydrogens (tertiary/aromatic N) is 1. The van der Waals surface area contributed by atoms with Crippen molar-refractivity contribution >= 4 is 126 Å². The zero-order valence-electron chi connectivity index (χ0n) is 61.7. The lowest BCUT2D eigenvalue weighted by Crippen LogP contribution is -2.43. The van der Waals surface area contributed by atoms with E-state index in [1.807, 2.05) is 35.3 Å². The highest BCUT2D eigenvalue weighted by Crippen LogP contribution is 2.56. The summed E-state index contributed by atoms with van der Waals surface area (Å²) in [7, 11) is -6.89. The number of benzene rings is 9. The van der Waals surface area contributed by atoms with Gasteiger partial charge in [-0.25, -0.2) is 0 Å². The van der Waals surface area contributed by atoms with Crippen LogP contribution in [0.2, 0.25) is 49.9 Å². The van der Waals surface area contributed by atoms with E-state index in [4.69, 9.17) is 0 Å². The van der Waals surface area contributed by atoms with E-state index in [9.17, 15) is 0 Å². The topological polar surface area (TPSA) is 3.24 Å². The van der Waals surface area contributed by atoms with E-state index in [-0.39, 0.29) is 0 Å². The van der Waals surface area contributed by atoms with Crippen LogP contribution in [0, 0.1) is 34.4 Å². The van der Waals surface area contributed by atoms with Crippen LogP contribution in [0.4, 0.5) is 17.1 Å². The monoisotopic (exact) mass is 1400 g/mol. The summed E-state index contributed by atoms with van der Waals surface area (Å²) in [4.78, 5) is 10.3. The van der Waals surface area contributed by atoms with Crippen molar-refractivity contribution in [2.45, 2.75) is 204 Å². The minimum Gasteiger partial charge on any atom is -0.307 e. The first kappa shape index (κ1) is 68.2. The third-order valence-electron chi connectivity index (χ3n) is 23.8. The number of anilines is 3. The van der Waals surface area contributed by atoms with E-state index in [1.165, 1.54) is 145 Å². The van der Waals surface area contributed by atoms with Crippen LogP contribution in [-0.4, -0.2) is 24.2 Å². The van der Waals surface area contributed by atoms with E-state index >= 15 is 0 Å². The van der Waals surface area contributed by atoms with E-state index in [2.05, 4.69) is 346 Å². The maximum absolute atomic E-state index is 4.34. The van der Waals surface area contributed by atoms with Gasteiger partial charge in [-0.15, -0.1) is 16.6 Å². The lowest BCUT2D eigenvalue weighted by molar-refractivity contribution is 0.838. The first-order chi connectivity index (χ1) is 48.0. The molecule has 6 heterocycles. The van der Waals surface area contributed by atoms with Crippen molar-refractivity contribution in [3.63, 3.8) is 0 Å². The van der Waals surface area contributed by atoms with E-state index in [0.717, 1.165) is 16.7 Å². The molecule has 0 radical (unpaired) electrons. The van der Waals surface area contributed by atoms with Crippen molar-refractivity contribution in [1.82, 2.24) is 0 Å². The standard InChI is InChI=1S/C93H93NS3Si3/c1-55(2)98(56(3)4,57(5)6)46-43-64-49-73-88(85-67-31-19-25-37-79(67)95-80-38-26-20-32-68(80)85)75-51-65(44-47-99(58(7)8,59(9)10)60(11)12)53-77-90(87-71-35-23-29-41-83(71)97-84-42-30-24-36-72(84)87)78-54-66(45-48-100(61(13)14,62(15)16)63(17)18)52-76-89(74(50-64)91(73)94(92(75)77)93(76)78)86-69-33-21-27-39-81(69)96-82-40-28-22-34-70(82)86/h19-42,49-63H,1-18H3. The van der Waals surface area contributed by atoms with Crippen LogP contribution in [0.3, 0.4) is 0 Å². The second-order valence-electron chi connectivity index (χ2n) is 31.6. The fraction of sp³-hybridized carbons (Fsp3) is 0.290. The van der Waals surface area contributed by atoms with Gasteiger partial charge in [0.25, 0.3) is 0 Å². The van der Waals surface area contributed by atoms with Crippen molar-refractivity contribution in [2.24, 2.45) is 0 Å². The Balaban J connectivity index is 1.34. The number of fused-ring (bicyclic) bond motifs is 6. The molecule has 0 aromatic heterocycles. The van der Waals surface area contributed by atoms with Crippen LogP contribution in [0.25, 0.3) is 49.0 Å². The lowest BCUT2D eigenvalue weighted by Gasteiger charge is -2.40. The van der Waals surface area contributed by atoms with Crippen LogP contribution in [0.1, 0.15) is 175 Å². The molecule has 9 aromatic carbocycles. The maximum Gasteiger partial charge on any atom is 0.146 e.